The van der Waals surface area contributed by atoms with Crippen LogP contribution < -0.4 is 21.1 Å². The molecular formula is C27H38N6O6S. The Morgan fingerprint density at radius 1 is 1.15 bits per heavy atom. The average Bonchev–Trinajstić information content (AvgIpc) is 2.93. The van der Waals surface area contributed by atoms with Crippen molar-refractivity contribution in [3.8, 4) is 0 Å². The molecule has 2 aromatic rings. The first-order chi connectivity index (χ1) is 18.9. The fourth-order valence-corrected chi connectivity index (χ4v) is 6.01. The van der Waals surface area contributed by atoms with Crippen molar-refractivity contribution < 1.29 is 27.9 Å². The van der Waals surface area contributed by atoms with Crippen LogP contribution in [0.4, 0.5) is 0 Å². The molecule has 0 radical (unpaired) electrons. The van der Waals surface area contributed by atoms with Gasteiger partial charge in [-0.15, -0.1) is 0 Å². The molecule has 13 heteroatoms. The second-order valence-electron chi connectivity index (χ2n) is 10.1. The van der Waals surface area contributed by atoms with E-state index in [2.05, 4.69) is 15.4 Å². The number of benzene rings is 2. The molecule has 3 rings (SSSR count). The van der Waals surface area contributed by atoms with Gasteiger partial charge in [0.05, 0.1) is 10.9 Å². The number of nitrogens with two attached hydrogens (primary N) is 1. The highest BCUT2D eigenvalue weighted by atomic mass is 32.2. The quantitative estimate of drug-likeness (QED) is 0.0876. The molecule has 1 amide bonds. The number of hydrogen-bond donors (Lipinski definition) is 6. The molecule has 7 N–H and O–H groups in total. The van der Waals surface area contributed by atoms with Crippen LogP contribution in [-0.2, 0) is 24.4 Å². The number of unbranched alkanes of at least 4 members (excludes halogenated alkanes) is 1. The summed E-state index contributed by atoms with van der Waals surface area (Å²) in [5.41, 5.74) is 2.84. The largest absolute Gasteiger partial charge is 0.479 e. The van der Waals surface area contributed by atoms with Crippen LogP contribution in [0.5, 0.6) is 0 Å². The Labute approximate surface area is 234 Å². The molecule has 0 aliphatic carbocycles. The van der Waals surface area contributed by atoms with E-state index < -0.39 is 39.3 Å². The highest BCUT2D eigenvalue weighted by Gasteiger charge is 2.54. The maximum Gasteiger partial charge on any atom is 0.341 e. The molecule has 40 heavy (non-hydrogen) atoms. The normalized spacial score (nSPS) is 16.7. The van der Waals surface area contributed by atoms with E-state index in [-0.39, 0.29) is 29.9 Å². The fraction of sp³-hybridized carbons (Fsp3) is 0.481. The number of hydrogen-bond acceptors (Lipinski definition) is 7. The average molecular weight is 575 g/mol. The van der Waals surface area contributed by atoms with Gasteiger partial charge in [0.25, 0.3) is 11.4 Å². The molecule has 0 bridgehead atoms. The number of carboxylic acids is 1. The first-order valence-electron chi connectivity index (χ1n) is 13.3. The Kier molecular flexibility index (Phi) is 10.2. The Balaban J connectivity index is 1.80. The van der Waals surface area contributed by atoms with Gasteiger partial charge in [0, 0.05) is 19.6 Å². The summed E-state index contributed by atoms with van der Waals surface area (Å²) < 4.78 is 28.6. The van der Waals surface area contributed by atoms with E-state index >= 15 is 0 Å². The summed E-state index contributed by atoms with van der Waals surface area (Å²) in [6, 6.07) is 10.1. The number of fused-ring (bicyclic) bond motifs is 1. The third kappa shape index (κ3) is 6.95. The van der Waals surface area contributed by atoms with Crippen molar-refractivity contribution in [3.05, 3.63) is 42.5 Å². The molecule has 1 saturated heterocycles. The van der Waals surface area contributed by atoms with E-state index in [4.69, 9.17) is 11.1 Å². The summed E-state index contributed by atoms with van der Waals surface area (Å²) in [7, 11) is -4.23. The van der Waals surface area contributed by atoms with Gasteiger partial charge in [0.1, 0.15) is 0 Å². The monoisotopic (exact) mass is 574 g/mol. The number of ketones is 1. The lowest BCUT2D eigenvalue weighted by Crippen LogP contribution is -2.70. The van der Waals surface area contributed by atoms with E-state index in [1.165, 1.54) is 19.1 Å². The van der Waals surface area contributed by atoms with Crippen molar-refractivity contribution in [3.63, 3.8) is 0 Å². The number of amides is 1. The van der Waals surface area contributed by atoms with Crippen LogP contribution in [0.1, 0.15) is 39.5 Å². The minimum Gasteiger partial charge on any atom is -0.479 e. The third-order valence-corrected chi connectivity index (χ3v) is 8.75. The van der Waals surface area contributed by atoms with Crippen LogP contribution in [-0.4, -0.2) is 79.8 Å². The molecule has 1 aliphatic heterocycles. The van der Waals surface area contributed by atoms with E-state index in [1.807, 2.05) is 19.1 Å². The van der Waals surface area contributed by atoms with Crippen molar-refractivity contribution in [2.75, 3.05) is 26.2 Å². The zero-order valence-corrected chi connectivity index (χ0v) is 23.6. The highest BCUT2D eigenvalue weighted by Crippen LogP contribution is 2.21. The number of piperidine rings is 1. The first-order valence-corrected chi connectivity index (χ1v) is 14.8. The number of likely N-dealkylation sites (tertiary alicyclic amines) is 1. The molecule has 2 aromatic carbocycles. The Bertz CT molecular complexity index is 1360. The summed E-state index contributed by atoms with van der Waals surface area (Å²) in [6.07, 6.45) is 2.42. The Morgan fingerprint density at radius 3 is 2.40 bits per heavy atom. The number of aliphatic carboxylic acids is 1. The van der Waals surface area contributed by atoms with Gasteiger partial charge in [-0.2, -0.15) is 0 Å². The molecule has 1 heterocycles. The standard InChI is InChI=1S/C27H38N6O6S/c1-3-4-13-31-27(25(36)37,24(35)30-17-19-11-14-33(15-12-19)26(28)29)23(34)18(2)32-40(38,39)22-10-9-20-7-5-6-8-21(20)16-22/h5-10,16,18-19,31-32H,3-4,11-15,17H2,1-2H3,(H3,28,29)(H,30,35)(H,36,37). The predicted octanol–water partition coefficient (Wildman–Crippen LogP) is 1.01. The number of carbonyl (C=O) groups excluding carboxylic acids is 2. The summed E-state index contributed by atoms with van der Waals surface area (Å²) in [5, 5.41) is 24.5. The van der Waals surface area contributed by atoms with Crippen LogP contribution in [0.3, 0.4) is 0 Å². The summed E-state index contributed by atoms with van der Waals surface area (Å²) in [6.45, 7) is 4.34. The molecule has 12 nitrogen and oxygen atoms in total. The number of carboxylic acid groups (broad SMARTS) is 1. The smallest absolute Gasteiger partial charge is 0.341 e. The minimum absolute atomic E-state index is 0.000573. The van der Waals surface area contributed by atoms with Crippen molar-refractivity contribution in [2.45, 2.75) is 56.0 Å². The van der Waals surface area contributed by atoms with Gasteiger partial charge in [-0.05, 0) is 61.6 Å². The third-order valence-electron chi connectivity index (χ3n) is 7.21. The van der Waals surface area contributed by atoms with Gasteiger partial charge >= 0.3 is 5.97 Å². The van der Waals surface area contributed by atoms with Crippen LogP contribution in [0.25, 0.3) is 10.8 Å². The predicted molar refractivity (Wildman–Crippen MR) is 151 cm³/mol. The van der Waals surface area contributed by atoms with Gasteiger partial charge in [-0.25, -0.2) is 17.9 Å². The van der Waals surface area contributed by atoms with Crippen molar-refractivity contribution in [1.82, 2.24) is 20.3 Å². The highest BCUT2D eigenvalue weighted by molar-refractivity contribution is 7.89. The van der Waals surface area contributed by atoms with Crippen LogP contribution in [0.15, 0.2) is 47.4 Å². The second-order valence-corrected chi connectivity index (χ2v) is 11.8. The number of carbonyl (C=O) groups is 3. The molecule has 0 saturated carbocycles. The summed E-state index contributed by atoms with van der Waals surface area (Å²) in [5.74, 6) is -3.91. The SMILES string of the molecule is CCCCNC(C(=O)O)(C(=O)NCC1CCN(C(=N)N)CC1)C(=O)C(C)NS(=O)(=O)c1ccc2ccccc2c1. The fourth-order valence-electron chi connectivity index (χ4n) is 4.77. The minimum atomic E-state index is -4.23. The van der Waals surface area contributed by atoms with Gasteiger partial charge in [0.2, 0.25) is 10.0 Å². The number of Topliss-reactive ketones (excluding diaryl/α,β-unsaturated/α-hetero) is 1. The van der Waals surface area contributed by atoms with E-state index in [9.17, 15) is 27.9 Å². The van der Waals surface area contributed by atoms with Gasteiger partial charge in [-0.3, -0.25) is 20.3 Å². The molecule has 1 fully saturated rings. The zero-order valence-electron chi connectivity index (χ0n) is 22.8. The maximum absolute atomic E-state index is 13.7. The second kappa shape index (κ2) is 13.2. The lowest BCUT2D eigenvalue weighted by atomic mass is 9.88. The van der Waals surface area contributed by atoms with E-state index in [0.717, 1.165) is 5.39 Å². The molecular weight excluding hydrogens is 536 g/mol. The number of guanidine groups is 1. The van der Waals surface area contributed by atoms with Crippen LogP contribution in [0.2, 0.25) is 0 Å². The molecule has 218 valence electrons. The van der Waals surface area contributed by atoms with Crippen LogP contribution in [0, 0.1) is 11.3 Å². The number of sulfonamides is 1. The lowest BCUT2D eigenvalue weighted by molar-refractivity contribution is -0.156. The molecule has 2 atom stereocenters. The summed E-state index contributed by atoms with van der Waals surface area (Å²) in [4.78, 5) is 41.3. The van der Waals surface area contributed by atoms with Gasteiger partial charge in [-0.1, -0.05) is 43.7 Å². The number of nitrogens with zero attached hydrogens (tertiary/aromatic N) is 1. The van der Waals surface area contributed by atoms with E-state index in [1.54, 1.807) is 23.1 Å². The zero-order chi connectivity index (χ0) is 29.5. The Morgan fingerprint density at radius 2 is 1.80 bits per heavy atom. The maximum atomic E-state index is 13.7. The molecule has 1 aliphatic rings. The van der Waals surface area contributed by atoms with Crippen molar-refractivity contribution in [2.24, 2.45) is 11.7 Å². The topological polar surface area (TPSA) is 195 Å². The van der Waals surface area contributed by atoms with Crippen molar-refractivity contribution >= 4 is 44.4 Å². The first kappa shape index (κ1) is 31.0. The molecule has 0 aromatic heterocycles. The molecule has 2 unspecified atom stereocenters. The van der Waals surface area contributed by atoms with Crippen LogP contribution >= 0.6 is 0 Å². The number of rotatable bonds is 13. The van der Waals surface area contributed by atoms with Gasteiger partial charge in [0.15, 0.2) is 11.7 Å². The molecule has 0 spiro atoms. The number of nitrogens with one attached hydrogen (secondary N) is 4. The summed E-state index contributed by atoms with van der Waals surface area (Å²) >= 11 is 0. The van der Waals surface area contributed by atoms with E-state index in [0.29, 0.717) is 44.2 Å². The van der Waals surface area contributed by atoms with Crippen molar-refractivity contribution in [1.29, 1.82) is 5.41 Å². The lowest BCUT2D eigenvalue weighted by Gasteiger charge is -2.34. The Hall–Kier alpha value is -3.55. The van der Waals surface area contributed by atoms with Gasteiger partial charge < -0.3 is 21.1 Å².